The van der Waals surface area contributed by atoms with Crippen molar-refractivity contribution in [1.29, 1.82) is 0 Å². The van der Waals surface area contributed by atoms with Gasteiger partial charge in [-0.3, -0.25) is 0 Å². The van der Waals surface area contributed by atoms with E-state index >= 15 is 0 Å². The molecule has 0 atom stereocenters. The van der Waals surface area contributed by atoms with Crippen LogP contribution >= 0.6 is 23.2 Å². The summed E-state index contributed by atoms with van der Waals surface area (Å²) < 4.78 is 7.58. The number of carboxylic acid groups (broad SMARTS) is 1. The minimum Gasteiger partial charge on any atom is -0.490 e. The van der Waals surface area contributed by atoms with E-state index in [0.717, 1.165) is 22.0 Å². The molecule has 0 fully saturated rings. The molecule has 5 nitrogen and oxygen atoms in total. The van der Waals surface area contributed by atoms with Gasteiger partial charge >= 0.3 is 5.97 Å². The van der Waals surface area contributed by atoms with Crippen molar-refractivity contribution in [3.8, 4) is 16.9 Å². The van der Waals surface area contributed by atoms with Gasteiger partial charge in [-0.05, 0) is 35.4 Å². The molecule has 3 aromatic carbocycles. The fourth-order valence-electron chi connectivity index (χ4n) is 3.81. The van der Waals surface area contributed by atoms with Crippen LogP contribution in [0.4, 0.5) is 0 Å². The zero-order valence-corrected chi connectivity index (χ0v) is 18.0. The van der Waals surface area contributed by atoms with E-state index in [4.69, 9.17) is 33.7 Å². The molecule has 0 saturated heterocycles. The van der Waals surface area contributed by atoms with E-state index in [2.05, 4.69) is 0 Å². The van der Waals surface area contributed by atoms with Gasteiger partial charge in [-0.15, -0.1) is 0 Å². The highest BCUT2D eigenvalue weighted by Crippen LogP contribution is 2.37. The first-order valence-electron chi connectivity index (χ1n) is 9.72. The fraction of sp³-hybridized carbons (Fsp3) is 0.125. The summed E-state index contributed by atoms with van der Waals surface area (Å²) in [5.74, 6) is -0.518. The van der Waals surface area contributed by atoms with Gasteiger partial charge in [0.2, 0.25) is 0 Å². The summed E-state index contributed by atoms with van der Waals surface area (Å²) >= 11 is 12.1. The molecule has 0 aliphatic carbocycles. The molecule has 1 heterocycles. The van der Waals surface area contributed by atoms with Crippen LogP contribution in [0, 0.1) is 0 Å². The second-order valence-electron chi connectivity index (χ2n) is 6.98. The van der Waals surface area contributed by atoms with Crippen LogP contribution in [0.3, 0.4) is 0 Å². The van der Waals surface area contributed by atoms with Gasteiger partial charge in [-0.1, -0.05) is 65.7 Å². The Balaban J connectivity index is 1.78. The SMILES string of the molecule is NCc1ccccc1-c1c(C(=O)O)n(CCOc2ccc(Cl)cc2Cl)c2ccccc12. The van der Waals surface area contributed by atoms with E-state index in [9.17, 15) is 9.90 Å². The minimum absolute atomic E-state index is 0.202. The van der Waals surface area contributed by atoms with E-state index in [0.29, 0.717) is 34.4 Å². The standard InChI is InChI=1S/C24H20Cl2N2O3/c25-16-9-10-21(19(26)13-16)31-12-11-28-20-8-4-3-7-18(20)22(23(28)24(29)30)17-6-2-1-5-15(17)14-27/h1-10,13H,11-12,14,27H2,(H,29,30). The van der Waals surface area contributed by atoms with Gasteiger partial charge in [0.1, 0.15) is 18.1 Å². The zero-order chi connectivity index (χ0) is 22.0. The molecule has 7 heteroatoms. The highest BCUT2D eigenvalue weighted by atomic mass is 35.5. The van der Waals surface area contributed by atoms with Crippen LogP contribution in [0.2, 0.25) is 10.0 Å². The lowest BCUT2D eigenvalue weighted by Crippen LogP contribution is -2.15. The highest BCUT2D eigenvalue weighted by Gasteiger charge is 2.24. The predicted molar refractivity (Wildman–Crippen MR) is 124 cm³/mol. The van der Waals surface area contributed by atoms with Gasteiger partial charge < -0.3 is 20.1 Å². The number of aromatic carboxylic acids is 1. The summed E-state index contributed by atoms with van der Waals surface area (Å²) in [6, 6.07) is 20.2. The topological polar surface area (TPSA) is 77.5 Å². The van der Waals surface area contributed by atoms with Gasteiger partial charge in [0, 0.05) is 28.0 Å². The van der Waals surface area contributed by atoms with Crippen molar-refractivity contribution in [2.45, 2.75) is 13.1 Å². The van der Waals surface area contributed by atoms with Crippen molar-refractivity contribution < 1.29 is 14.6 Å². The molecule has 0 aliphatic rings. The summed E-state index contributed by atoms with van der Waals surface area (Å²) in [4.78, 5) is 12.4. The van der Waals surface area contributed by atoms with Gasteiger partial charge in [0.25, 0.3) is 0 Å². The van der Waals surface area contributed by atoms with Crippen molar-refractivity contribution in [1.82, 2.24) is 4.57 Å². The minimum atomic E-state index is -1.01. The van der Waals surface area contributed by atoms with E-state index < -0.39 is 5.97 Å². The molecule has 4 aromatic rings. The molecular weight excluding hydrogens is 435 g/mol. The monoisotopic (exact) mass is 454 g/mol. The van der Waals surface area contributed by atoms with E-state index in [1.165, 1.54) is 0 Å². The molecule has 3 N–H and O–H groups in total. The van der Waals surface area contributed by atoms with Gasteiger partial charge in [0.05, 0.1) is 11.6 Å². The number of halogens is 2. The lowest BCUT2D eigenvalue weighted by molar-refractivity contribution is 0.0685. The molecule has 0 spiro atoms. The first-order chi connectivity index (χ1) is 15.0. The Labute approximate surface area is 189 Å². The average molecular weight is 455 g/mol. The Morgan fingerprint density at radius 3 is 2.52 bits per heavy atom. The van der Waals surface area contributed by atoms with Crippen molar-refractivity contribution in [2.24, 2.45) is 5.73 Å². The normalized spacial score (nSPS) is 11.1. The van der Waals surface area contributed by atoms with Crippen LogP contribution in [0.1, 0.15) is 16.1 Å². The third kappa shape index (κ3) is 4.12. The Kier molecular flexibility index (Phi) is 6.18. The van der Waals surface area contributed by atoms with Crippen molar-refractivity contribution >= 4 is 40.1 Å². The highest BCUT2D eigenvalue weighted by molar-refractivity contribution is 6.35. The van der Waals surface area contributed by atoms with Gasteiger partial charge in [-0.25, -0.2) is 4.79 Å². The number of aromatic nitrogens is 1. The van der Waals surface area contributed by atoms with Crippen LogP contribution in [-0.4, -0.2) is 22.2 Å². The average Bonchev–Trinajstić information content (AvgIpc) is 3.10. The number of ether oxygens (including phenoxy) is 1. The summed E-state index contributed by atoms with van der Waals surface area (Å²) in [6.45, 7) is 0.872. The first-order valence-corrected chi connectivity index (χ1v) is 10.5. The lowest BCUT2D eigenvalue weighted by Gasteiger charge is -2.12. The third-order valence-corrected chi connectivity index (χ3v) is 5.68. The number of hydrogen-bond acceptors (Lipinski definition) is 3. The lowest BCUT2D eigenvalue weighted by atomic mass is 9.97. The van der Waals surface area contributed by atoms with E-state index in [1.54, 1.807) is 22.8 Å². The molecular formula is C24H20Cl2N2O3. The van der Waals surface area contributed by atoms with Gasteiger partial charge in [0.15, 0.2) is 0 Å². The summed E-state index contributed by atoms with van der Waals surface area (Å²) in [5.41, 5.74) is 9.32. The van der Waals surface area contributed by atoms with Crippen LogP contribution in [-0.2, 0) is 13.1 Å². The van der Waals surface area contributed by atoms with Crippen LogP contribution in [0.5, 0.6) is 5.75 Å². The molecule has 0 radical (unpaired) electrons. The fourth-order valence-corrected chi connectivity index (χ4v) is 4.28. The molecule has 4 rings (SSSR count). The van der Waals surface area contributed by atoms with Crippen LogP contribution < -0.4 is 10.5 Å². The number of nitrogens with two attached hydrogens (primary N) is 1. The number of carbonyl (C=O) groups is 1. The number of fused-ring (bicyclic) bond motifs is 1. The Bertz CT molecular complexity index is 1270. The second kappa shape index (κ2) is 9.02. The van der Waals surface area contributed by atoms with Crippen molar-refractivity contribution in [2.75, 3.05) is 6.61 Å². The zero-order valence-electron chi connectivity index (χ0n) is 16.5. The Hall–Kier alpha value is -2.99. The van der Waals surface area contributed by atoms with Crippen molar-refractivity contribution in [3.63, 3.8) is 0 Å². The molecule has 0 amide bonds. The Morgan fingerprint density at radius 1 is 1.03 bits per heavy atom. The van der Waals surface area contributed by atoms with E-state index in [-0.39, 0.29) is 12.3 Å². The summed E-state index contributed by atoms with van der Waals surface area (Å²) in [7, 11) is 0. The quantitative estimate of drug-likeness (QED) is 0.367. The number of hydrogen-bond donors (Lipinski definition) is 2. The summed E-state index contributed by atoms with van der Waals surface area (Å²) in [5, 5.41) is 11.9. The molecule has 0 aliphatic heterocycles. The maximum Gasteiger partial charge on any atom is 0.353 e. The van der Waals surface area contributed by atoms with E-state index in [1.807, 2.05) is 48.5 Å². The van der Waals surface area contributed by atoms with Crippen molar-refractivity contribution in [3.05, 3.63) is 88.0 Å². The number of carboxylic acids is 1. The smallest absolute Gasteiger partial charge is 0.353 e. The maximum absolute atomic E-state index is 12.4. The molecule has 0 unspecified atom stereocenters. The summed E-state index contributed by atoms with van der Waals surface area (Å²) in [6.07, 6.45) is 0. The second-order valence-corrected chi connectivity index (χ2v) is 7.83. The van der Waals surface area contributed by atoms with Gasteiger partial charge in [-0.2, -0.15) is 0 Å². The first kappa shape index (κ1) is 21.2. The maximum atomic E-state index is 12.4. The predicted octanol–water partition coefficient (Wildman–Crippen LogP) is 5.85. The molecule has 31 heavy (non-hydrogen) atoms. The number of benzene rings is 3. The number of para-hydroxylation sites is 1. The number of rotatable bonds is 7. The molecule has 0 saturated carbocycles. The Morgan fingerprint density at radius 2 is 1.77 bits per heavy atom. The largest absolute Gasteiger partial charge is 0.490 e. The molecule has 158 valence electrons. The third-order valence-electron chi connectivity index (χ3n) is 5.15. The molecule has 0 bridgehead atoms. The van der Waals surface area contributed by atoms with Crippen LogP contribution in [0.15, 0.2) is 66.7 Å². The van der Waals surface area contributed by atoms with Crippen LogP contribution in [0.25, 0.3) is 22.0 Å². The molecule has 1 aromatic heterocycles. The number of nitrogens with zero attached hydrogens (tertiary/aromatic N) is 1.